The number of rotatable bonds is 11. The van der Waals surface area contributed by atoms with E-state index < -0.39 is 0 Å². The lowest BCUT2D eigenvalue weighted by atomic mass is 10.2. The minimum absolute atomic E-state index is 0.435. The number of nitrogens with zero attached hydrogens (tertiary/aromatic N) is 4. The lowest BCUT2D eigenvalue weighted by molar-refractivity contribution is 0.284. The first kappa shape index (κ1) is 25.0. The highest BCUT2D eigenvalue weighted by Gasteiger charge is 2.14. The average Bonchev–Trinajstić information content (AvgIpc) is 3.28. The molecule has 1 aromatic heterocycles. The zero-order chi connectivity index (χ0) is 24.5. The molecule has 180 valence electrons. The number of aromatic nitrogens is 3. The molecule has 1 heterocycles. The molecule has 0 saturated heterocycles. The van der Waals surface area contributed by atoms with Crippen molar-refractivity contribution in [2.45, 2.75) is 37.3 Å². The summed E-state index contributed by atoms with van der Waals surface area (Å²) >= 11 is 5.10. The van der Waals surface area contributed by atoms with E-state index in [1.54, 1.807) is 25.1 Å². The van der Waals surface area contributed by atoms with E-state index in [-0.39, 0.29) is 0 Å². The quantitative estimate of drug-likeness (QED) is 0.152. The molecular formula is C27H27BrN4O2S. The third-order valence-corrected chi connectivity index (χ3v) is 6.72. The Bertz CT molecular complexity index is 1260. The van der Waals surface area contributed by atoms with Crippen molar-refractivity contribution >= 4 is 33.9 Å². The normalized spacial score (nSPS) is 11.2. The van der Waals surface area contributed by atoms with Crippen LogP contribution >= 0.6 is 27.7 Å². The number of hydrogen-bond donors (Lipinski definition) is 0. The van der Waals surface area contributed by atoms with Crippen LogP contribution in [0.5, 0.6) is 11.5 Å². The Balaban J connectivity index is 1.58. The maximum absolute atomic E-state index is 6.17. The van der Waals surface area contributed by atoms with Crippen LogP contribution in [0.25, 0.3) is 0 Å². The van der Waals surface area contributed by atoms with Crippen molar-refractivity contribution < 1.29 is 9.47 Å². The summed E-state index contributed by atoms with van der Waals surface area (Å²) < 4.78 is 14.6. The molecule has 0 unspecified atom stereocenters. The van der Waals surface area contributed by atoms with Gasteiger partial charge in [0.1, 0.15) is 6.61 Å². The van der Waals surface area contributed by atoms with Crippen LogP contribution in [0.3, 0.4) is 0 Å². The fourth-order valence-electron chi connectivity index (χ4n) is 3.41. The summed E-state index contributed by atoms with van der Waals surface area (Å²) in [5.74, 6) is 2.92. The maximum Gasteiger partial charge on any atom is 0.212 e. The van der Waals surface area contributed by atoms with Gasteiger partial charge in [0.05, 0.1) is 13.3 Å². The van der Waals surface area contributed by atoms with Crippen LogP contribution < -0.4 is 9.47 Å². The SMILES string of the molecule is CCCc1nnc(SCc2ccc(Br)cc2)n1/N=C/c1cccc(OC)c1OCc1ccccc1. The molecule has 4 aromatic rings. The number of benzene rings is 3. The first-order valence-corrected chi connectivity index (χ1v) is 13.2. The van der Waals surface area contributed by atoms with Crippen molar-refractivity contribution in [1.82, 2.24) is 14.9 Å². The lowest BCUT2D eigenvalue weighted by Crippen LogP contribution is -2.03. The van der Waals surface area contributed by atoms with E-state index in [1.807, 2.05) is 65.3 Å². The Morgan fingerprint density at radius 3 is 2.51 bits per heavy atom. The predicted octanol–water partition coefficient (Wildman–Crippen LogP) is 6.76. The highest BCUT2D eigenvalue weighted by Crippen LogP contribution is 2.31. The molecule has 6 nitrogen and oxygen atoms in total. The van der Waals surface area contributed by atoms with Crippen LogP contribution in [-0.2, 0) is 18.8 Å². The molecule has 0 spiro atoms. The lowest BCUT2D eigenvalue weighted by Gasteiger charge is -2.13. The number of para-hydroxylation sites is 1. The van der Waals surface area contributed by atoms with Crippen LogP contribution in [-0.4, -0.2) is 28.2 Å². The van der Waals surface area contributed by atoms with Crippen LogP contribution in [0.15, 0.2) is 87.5 Å². The van der Waals surface area contributed by atoms with Crippen LogP contribution in [0, 0.1) is 0 Å². The Morgan fingerprint density at radius 1 is 0.971 bits per heavy atom. The molecule has 0 saturated carbocycles. The third-order valence-electron chi connectivity index (χ3n) is 5.20. The number of thioether (sulfide) groups is 1. The van der Waals surface area contributed by atoms with Gasteiger partial charge >= 0.3 is 0 Å². The van der Waals surface area contributed by atoms with Gasteiger partial charge in [-0.2, -0.15) is 9.78 Å². The van der Waals surface area contributed by atoms with Gasteiger partial charge in [-0.15, -0.1) is 10.2 Å². The molecule has 0 N–H and O–H groups in total. The fourth-order valence-corrected chi connectivity index (χ4v) is 4.53. The predicted molar refractivity (Wildman–Crippen MR) is 144 cm³/mol. The molecule has 0 bridgehead atoms. The van der Waals surface area contributed by atoms with E-state index in [0.717, 1.165) is 45.2 Å². The van der Waals surface area contributed by atoms with Gasteiger partial charge in [-0.1, -0.05) is 83.1 Å². The first-order valence-electron chi connectivity index (χ1n) is 11.4. The number of halogens is 1. The smallest absolute Gasteiger partial charge is 0.212 e. The van der Waals surface area contributed by atoms with Crippen molar-refractivity contribution in [1.29, 1.82) is 0 Å². The van der Waals surface area contributed by atoms with Crippen molar-refractivity contribution in [3.63, 3.8) is 0 Å². The largest absolute Gasteiger partial charge is 0.493 e. The van der Waals surface area contributed by atoms with E-state index in [9.17, 15) is 0 Å². The topological polar surface area (TPSA) is 61.5 Å². The summed E-state index contributed by atoms with van der Waals surface area (Å²) in [7, 11) is 1.64. The van der Waals surface area contributed by atoms with Gasteiger partial charge in [0.15, 0.2) is 17.3 Å². The highest BCUT2D eigenvalue weighted by molar-refractivity contribution is 9.10. The van der Waals surface area contributed by atoms with Crippen molar-refractivity contribution in [2.24, 2.45) is 5.10 Å². The molecule has 0 fully saturated rings. The Kier molecular flexibility index (Phi) is 8.97. The van der Waals surface area contributed by atoms with Crippen LogP contribution in [0.1, 0.15) is 35.9 Å². The van der Waals surface area contributed by atoms with Crippen molar-refractivity contribution in [2.75, 3.05) is 7.11 Å². The first-order chi connectivity index (χ1) is 17.2. The van der Waals surface area contributed by atoms with Crippen LogP contribution in [0.4, 0.5) is 0 Å². The van der Waals surface area contributed by atoms with E-state index >= 15 is 0 Å². The molecule has 0 aliphatic heterocycles. The standard InChI is InChI=1S/C27H27BrN4O2S/c1-3-8-25-30-31-27(35-19-21-13-15-23(28)16-14-21)32(25)29-17-22-11-7-12-24(33-2)26(22)34-18-20-9-5-4-6-10-20/h4-7,9-17H,3,8,18-19H2,1-2H3/b29-17+. The number of hydrogen-bond acceptors (Lipinski definition) is 6. The number of methoxy groups -OCH3 is 1. The number of aryl methyl sites for hydroxylation is 1. The van der Waals surface area contributed by atoms with E-state index in [1.165, 1.54) is 5.56 Å². The third kappa shape index (κ3) is 6.74. The average molecular weight is 552 g/mol. The zero-order valence-corrected chi connectivity index (χ0v) is 22.1. The minimum Gasteiger partial charge on any atom is -0.493 e. The maximum atomic E-state index is 6.17. The molecule has 0 aliphatic rings. The van der Waals surface area contributed by atoms with E-state index in [0.29, 0.717) is 18.1 Å². The highest BCUT2D eigenvalue weighted by atomic mass is 79.9. The monoisotopic (exact) mass is 550 g/mol. The molecule has 3 aromatic carbocycles. The molecule has 0 atom stereocenters. The summed E-state index contributed by atoms with van der Waals surface area (Å²) in [5, 5.41) is 14.3. The summed E-state index contributed by atoms with van der Waals surface area (Å²) in [6, 6.07) is 24.1. The van der Waals surface area contributed by atoms with Gasteiger partial charge in [0, 0.05) is 22.2 Å². The van der Waals surface area contributed by atoms with Gasteiger partial charge in [0.25, 0.3) is 0 Å². The fraction of sp³-hybridized carbons (Fsp3) is 0.222. The second-order valence-corrected chi connectivity index (χ2v) is 9.63. The van der Waals surface area contributed by atoms with E-state index in [2.05, 4.69) is 45.2 Å². The Labute approximate surface area is 218 Å². The van der Waals surface area contributed by atoms with Gasteiger partial charge < -0.3 is 9.47 Å². The van der Waals surface area contributed by atoms with Gasteiger partial charge in [0.2, 0.25) is 5.16 Å². The summed E-state index contributed by atoms with van der Waals surface area (Å²) in [6.07, 6.45) is 3.53. The zero-order valence-electron chi connectivity index (χ0n) is 19.7. The molecule has 0 aliphatic carbocycles. The van der Waals surface area contributed by atoms with E-state index in [4.69, 9.17) is 14.6 Å². The van der Waals surface area contributed by atoms with Crippen molar-refractivity contribution in [3.05, 3.63) is 99.8 Å². The number of ether oxygens (including phenoxy) is 2. The summed E-state index contributed by atoms with van der Waals surface area (Å²) in [5.41, 5.74) is 3.11. The molecular weight excluding hydrogens is 524 g/mol. The molecule has 35 heavy (non-hydrogen) atoms. The van der Waals surface area contributed by atoms with Crippen molar-refractivity contribution in [3.8, 4) is 11.5 Å². The van der Waals surface area contributed by atoms with Crippen LogP contribution in [0.2, 0.25) is 0 Å². The van der Waals surface area contributed by atoms with Gasteiger partial charge in [-0.25, -0.2) is 0 Å². The van der Waals surface area contributed by atoms with Gasteiger partial charge in [-0.3, -0.25) is 0 Å². The summed E-state index contributed by atoms with van der Waals surface area (Å²) in [6.45, 7) is 2.55. The second kappa shape index (κ2) is 12.6. The molecule has 4 rings (SSSR count). The Morgan fingerprint density at radius 2 is 1.77 bits per heavy atom. The molecule has 0 amide bonds. The summed E-state index contributed by atoms with van der Waals surface area (Å²) in [4.78, 5) is 0. The second-order valence-electron chi connectivity index (χ2n) is 7.77. The Hall–Kier alpha value is -3.10. The molecule has 8 heteroatoms. The minimum atomic E-state index is 0.435. The van der Waals surface area contributed by atoms with Gasteiger partial charge in [-0.05, 0) is 41.8 Å². The molecule has 0 radical (unpaired) electrons.